The average molecular weight is 360 g/mol. The van der Waals surface area contributed by atoms with Crippen molar-refractivity contribution >= 4 is 41.7 Å². The Hall–Kier alpha value is -1.24. The van der Waals surface area contributed by atoms with Crippen molar-refractivity contribution in [1.29, 1.82) is 0 Å². The number of anilines is 1. The van der Waals surface area contributed by atoms with Gasteiger partial charge in [-0.25, -0.2) is 0 Å². The minimum absolute atomic E-state index is 0. The van der Waals surface area contributed by atoms with E-state index >= 15 is 0 Å². The molecule has 5 nitrogen and oxygen atoms in total. The van der Waals surface area contributed by atoms with Crippen molar-refractivity contribution in [1.82, 2.24) is 10.6 Å². The van der Waals surface area contributed by atoms with E-state index in [1.54, 1.807) is 0 Å². The molecule has 0 bridgehead atoms. The van der Waals surface area contributed by atoms with E-state index in [1.165, 1.54) is 11.8 Å². The zero-order valence-electron chi connectivity index (χ0n) is 13.8. The summed E-state index contributed by atoms with van der Waals surface area (Å²) in [5, 5.41) is 8.48. The predicted octanol–water partition coefficient (Wildman–Crippen LogP) is 2.20. The van der Waals surface area contributed by atoms with Gasteiger partial charge in [-0.05, 0) is 46.0 Å². The molecule has 3 N–H and O–H groups in total. The number of amides is 2. The van der Waals surface area contributed by atoms with Crippen LogP contribution in [-0.2, 0) is 9.59 Å². The van der Waals surface area contributed by atoms with E-state index in [4.69, 9.17) is 0 Å². The van der Waals surface area contributed by atoms with Crippen molar-refractivity contribution < 1.29 is 9.59 Å². The monoisotopic (exact) mass is 359 g/mol. The topological polar surface area (TPSA) is 70.2 Å². The summed E-state index contributed by atoms with van der Waals surface area (Å²) in [7, 11) is 1.88. The zero-order valence-corrected chi connectivity index (χ0v) is 15.5. The van der Waals surface area contributed by atoms with Gasteiger partial charge in [0.2, 0.25) is 11.8 Å². The van der Waals surface area contributed by atoms with E-state index in [2.05, 4.69) is 16.0 Å². The molecule has 0 aliphatic rings. The van der Waals surface area contributed by atoms with Gasteiger partial charge in [-0.3, -0.25) is 9.59 Å². The van der Waals surface area contributed by atoms with Crippen LogP contribution < -0.4 is 16.0 Å². The molecule has 1 atom stereocenters. The highest BCUT2D eigenvalue weighted by atomic mass is 35.5. The Morgan fingerprint density at radius 3 is 2.43 bits per heavy atom. The van der Waals surface area contributed by atoms with E-state index in [0.29, 0.717) is 6.54 Å². The first-order chi connectivity index (χ1) is 10.5. The standard InChI is InChI=1S/C16H25N3O2S.ClH/c1-12-5-7-14(8-6-12)19-15(20)11-22-13(2)16(21)18-10-4-9-17-3;/h5-8,13,17H,4,9-11H2,1-3H3,(H,18,21)(H,19,20);1H. The summed E-state index contributed by atoms with van der Waals surface area (Å²) in [5.41, 5.74) is 1.93. The normalized spacial score (nSPS) is 11.3. The number of benzene rings is 1. The van der Waals surface area contributed by atoms with Crippen LogP contribution >= 0.6 is 24.2 Å². The molecule has 1 rings (SSSR count). The molecule has 1 aromatic rings. The quantitative estimate of drug-likeness (QED) is 0.591. The molecule has 0 aliphatic carbocycles. The SMILES string of the molecule is CNCCCNC(=O)C(C)SCC(=O)Nc1ccc(C)cc1.Cl. The number of rotatable bonds is 9. The molecule has 0 saturated heterocycles. The Labute approximate surface area is 148 Å². The number of thioether (sulfide) groups is 1. The Balaban J connectivity index is 0.00000484. The summed E-state index contributed by atoms with van der Waals surface area (Å²) in [6.07, 6.45) is 0.896. The molecule has 1 unspecified atom stereocenters. The van der Waals surface area contributed by atoms with Gasteiger partial charge in [-0.15, -0.1) is 24.2 Å². The van der Waals surface area contributed by atoms with E-state index < -0.39 is 0 Å². The maximum atomic E-state index is 11.9. The van der Waals surface area contributed by atoms with Crippen molar-refractivity contribution in [2.45, 2.75) is 25.5 Å². The summed E-state index contributed by atoms with van der Waals surface area (Å²) >= 11 is 1.34. The van der Waals surface area contributed by atoms with Gasteiger partial charge in [0, 0.05) is 12.2 Å². The Morgan fingerprint density at radius 1 is 1.17 bits per heavy atom. The van der Waals surface area contributed by atoms with E-state index in [-0.39, 0.29) is 35.2 Å². The van der Waals surface area contributed by atoms with Gasteiger partial charge in [-0.2, -0.15) is 0 Å². The first kappa shape index (κ1) is 21.8. The molecule has 0 spiro atoms. The van der Waals surface area contributed by atoms with Gasteiger partial charge in [-0.1, -0.05) is 17.7 Å². The van der Waals surface area contributed by atoms with E-state index in [1.807, 2.05) is 45.2 Å². The van der Waals surface area contributed by atoms with Crippen molar-refractivity contribution in [3.8, 4) is 0 Å². The molecule has 0 radical (unpaired) electrons. The Morgan fingerprint density at radius 2 is 1.83 bits per heavy atom. The third kappa shape index (κ3) is 9.48. The van der Waals surface area contributed by atoms with Crippen molar-refractivity contribution in [2.75, 3.05) is 31.2 Å². The third-order valence-corrected chi connectivity index (χ3v) is 4.21. The maximum Gasteiger partial charge on any atom is 0.234 e. The molecular weight excluding hydrogens is 334 g/mol. The van der Waals surface area contributed by atoms with E-state index in [9.17, 15) is 9.59 Å². The van der Waals surface area contributed by atoms with Gasteiger partial charge in [0.05, 0.1) is 11.0 Å². The van der Waals surface area contributed by atoms with Crippen molar-refractivity contribution in [3.63, 3.8) is 0 Å². The summed E-state index contributed by atoms with van der Waals surface area (Å²) in [6, 6.07) is 7.64. The van der Waals surface area contributed by atoms with Gasteiger partial charge < -0.3 is 16.0 Å². The summed E-state index contributed by atoms with van der Waals surface area (Å²) in [6.45, 7) is 5.34. The summed E-state index contributed by atoms with van der Waals surface area (Å²) in [5.74, 6) is 0.145. The number of halogens is 1. The average Bonchev–Trinajstić information content (AvgIpc) is 2.51. The molecule has 23 heavy (non-hydrogen) atoms. The second-order valence-corrected chi connectivity index (χ2v) is 6.44. The van der Waals surface area contributed by atoms with Crippen LogP contribution in [0.3, 0.4) is 0 Å². The number of hydrogen-bond donors (Lipinski definition) is 3. The molecule has 0 aliphatic heterocycles. The maximum absolute atomic E-state index is 11.9. The highest BCUT2D eigenvalue weighted by Crippen LogP contribution is 2.13. The first-order valence-electron chi connectivity index (χ1n) is 7.43. The number of carbonyl (C=O) groups is 2. The van der Waals surface area contributed by atoms with Crippen LogP contribution in [0, 0.1) is 6.92 Å². The Bertz CT molecular complexity index is 483. The molecule has 0 aromatic heterocycles. The molecule has 0 saturated carbocycles. The largest absolute Gasteiger partial charge is 0.355 e. The fourth-order valence-electron chi connectivity index (χ4n) is 1.73. The Kier molecular flexibility index (Phi) is 11.6. The lowest BCUT2D eigenvalue weighted by Crippen LogP contribution is -2.33. The third-order valence-electron chi connectivity index (χ3n) is 3.07. The number of carbonyl (C=O) groups excluding carboxylic acids is 2. The molecule has 130 valence electrons. The predicted molar refractivity (Wildman–Crippen MR) is 101 cm³/mol. The van der Waals surface area contributed by atoms with Crippen LogP contribution in [0.5, 0.6) is 0 Å². The van der Waals surface area contributed by atoms with Crippen molar-refractivity contribution in [2.24, 2.45) is 0 Å². The highest BCUT2D eigenvalue weighted by Gasteiger charge is 2.14. The number of nitrogens with one attached hydrogen (secondary N) is 3. The number of hydrogen-bond acceptors (Lipinski definition) is 4. The molecule has 7 heteroatoms. The lowest BCUT2D eigenvalue weighted by atomic mass is 10.2. The lowest BCUT2D eigenvalue weighted by Gasteiger charge is -2.12. The second-order valence-electron chi connectivity index (χ2n) is 5.12. The number of aryl methyl sites for hydroxylation is 1. The molecule has 2 amide bonds. The van der Waals surface area contributed by atoms with Crippen LogP contribution in [0.15, 0.2) is 24.3 Å². The zero-order chi connectivity index (χ0) is 16.4. The van der Waals surface area contributed by atoms with Crippen LogP contribution in [0.1, 0.15) is 18.9 Å². The second kappa shape index (κ2) is 12.2. The van der Waals surface area contributed by atoms with E-state index in [0.717, 1.165) is 24.2 Å². The van der Waals surface area contributed by atoms with Crippen LogP contribution in [0.25, 0.3) is 0 Å². The minimum Gasteiger partial charge on any atom is -0.355 e. The highest BCUT2D eigenvalue weighted by molar-refractivity contribution is 8.01. The fourth-order valence-corrected chi connectivity index (χ4v) is 2.44. The minimum atomic E-state index is -0.238. The van der Waals surface area contributed by atoms with Crippen molar-refractivity contribution in [3.05, 3.63) is 29.8 Å². The summed E-state index contributed by atoms with van der Waals surface area (Å²) in [4.78, 5) is 23.7. The van der Waals surface area contributed by atoms with Crippen LogP contribution in [0.2, 0.25) is 0 Å². The van der Waals surface area contributed by atoms with Gasteiger partial charge in [0.15, 0.2) is 0 Å². The van der Waals surface area contributed by atoms with Gasteiger partial charge in [0.25, 0.3) is 0 Å². The smallest absolute Gasteiger partial charge is 0.234 e. The molecule has 0 heterocycles. The van der Waals surface area contributed by atoms with Crippen LogP contribution in [0.4, 0.5) is 5.69 Å². The fraction of sp³-hybridized carbons (Fsp3) is 0.500. The van der Waals surface area contributed by atoms with Gasteiger partial charge in [0.1, 0.15) is 0 Å². The molecule has 1 aromatic carbocycles. The van der Waals surface area contributed by atoms with Crippen LogP contribution in [-0.4, -0.2) is 43.0 Å². The summed E-state index contributed by atoms with van der Waals surface area (Å²) < 4.78 is 0. The molecule has 0 fully saturated rings. The molecular formula is C16H26ClN3O2S. The van der Waals surface area contributed by atoms with Gasteiger partial charge >= 0.3 is 0 Å². The first-order valence-corrected chi connectivity index (χ1v) is 8.48. The lowest BCUT2D eigenvalue weighted by molar-refractivity contribution is -0.120.